The van der Waals surface area contributed by atoms with Crippen LogP contribution in [-0.4, -0.2) is 17.1 Å². The van der Waals surface area contributed by atoms with Gasteiger partial charge in [-0.05, 0) is 35.2 Å². The molecule has 0 saturated carbocycles. The molecule has 0 aliphatic carbocycles. The van der Waals surface area contributed by atoms with Crippen molar-refractivity contribution < 1.29 is 4.74 Å². The van der Waals surface area contributed by atoms with Crippen molar-refractivity contribution in [2.75, 3.05) is 7.11 Å². The average molecular weight is 315 g/mol. The lowest BCUT2D eigenvalue weighted by molar-refractivity contribution is 0.415. The zero-order valence-corrected chi connectivity index (χ0v) is 13.3. The number of nitrogens with one attached hydrogen (secondary N) is 1. The Hall–Kier alpha value is -3.27. The predicted molar refractivity (Wildman–Crippen MR) is 98.7 cm³/mol. The van der Waals surface area contributed by atoms with E-state index in [2.05, 4.69) is 16.0 Å². The van der Waals surface area contributed by atoms with E-state index in [9.17, 15) is 0 Å². The number of nitrogens with two attached hydrogens (primary N) is 1. The SMILES string of the molecule is COc1ccc2c(/C(N)=C/c3cccc4cnccc34)c[nH]c2c1. The second-order valence-electron chi connectivity index (χ2n) is 5.66. The van der Waals surface area contributed by atoms with Crippen molar-refractivity contribution in [2.45, 2.75) is 0 Å². The first kappa shape index (κ1) is 14.3. The molecule has 0 fully saturated rings. The van der Waals surface area contributed by atoms with Gasteiger partial charge in [-0.2, -0.15) is 0 Å². The number of aromatic amines is 1. The lowest BCUT2D eigenvalue weighted by Gasteiger charge is -2.05. The Balaban J connectivity index is 1.83. The number of aromatic nitrogens is 2. The Morgan fingerprint density at radius 3 is 2.96 bits per heavy atom. The molecule has 118 valence electrons. The van der Waals surface area contributed by atoms with Gasteiger partial charge in [0.05, 0.1) is 7.11 Å². The molecule has 0 amide bonds. The molecule has 3 N–H and O–H groups in total. The van der Waals surface area contributed by atoms with Crippen LogP contribution in [0.5, 0.6) is 5.75 Å². The second-order valence-corrected chi connectivity index (χ2v) is 5.66. The zero-order chi connectivity index (χ0) is 16.5. The lowest BCUT2D eigenvalue weighted by atomic mass is 10.0. The van der Waals surface area contributed by atoms with Gasteiger partial charge in [0.1, 0.15) is 5.75 Å². The quantitative estimate of drug-likeness (QED) is 0.596. The summed E-state index contributed by atoms with van der Waals surface area (Å²) in [6.45, 7) is 0. The van der Waals surface area contributed by atoms with Crippen LogP contribution in [0.3, 0.4) is 0 Å². The van der Waals surface area contributed by atoms with Gasteiger partial charge in [-0.3, -0.25) is 4.98 Å². The van der Waals surface area contributed by atoms with Crippen LogP contribution in [0.4, 0.5) is 0 Å². The molecule has 4 aromatic rings. The summed E-state index contributed by atoms with van der Waals surface area (Å²) in [6, 6.07) is 14.1. The first-order valence-corrected chi connectivity index (χ1v) is 7.71. The minimum absolute atomic E-state index is 0.718. The zero-order valence-electron chi connectivity index (χ0n) is 13.3. The summed E-state index contributed by atoms with van der Waals surface area (Å²) in [7, 11) is 1.66. The molecule has 0 unspecified atom stereocenters. The number of benzene rings is 2. The van der Waals surface area contributed by atoms with E-state index < -0.39 is 0 Å². The summed E-state index contributed by atoms with van der Waals surface area (Å²) >= 11 is 0. The molecule has 0 aliphatic heterocycles. The van der Waals surface area contributed by atoms with Gasteiger partial charge in [-0.25, -0.2) is 0 Å². The topological polar surface area (TPSA) is 63.9 Å². The van der Waals surface area contributed by atoms with Crippen molar-refractivity contribution in [3.8, 4) is 5.75 Å². The van der Waals surface area contributed by atoms with Gasteiger partial charge in [0.2, 0.25) is 0 Å². The molecule has 2 aromatic heterocycles. The fraction of sp³-hybridized carbons (Fsp3) is 0.0500. The molecule has 0 bridgehead atoms. The normalized spacial score (nSPS) is 12.0. The second kappa shape index (κ2) is 5.74. The van der Waals surface area contributed by atoms with E-state index in [0.717, 1.165) is 44.2 Å². The fourth-order valence-electron chi connectivity index (χ4n) is 2.99. The summed E-state index contributed by atoms with van der Waals surface area (Å²) in [4.78, 5) is 7.43. The van der Waals surface area contributed by atoms with Crippen LogP contribution in [0.2, 0.25) is 0 Å². The largest absolute Gasteiger partial charge is 0.497 e. The number of nitrogens with zero attached hydrogens (tertiary/aromatic N) is 1. The summed E-state index contributed by atoms with van der Waals surface area (Å²) < 4.78 is 5.26. The standard InChI is InChI=1S/C20H17N3O/c1-24-15-5-6-17-18(12-23-20(17)10-15)19(21)9-13-3-2-4-14-11-22-8-7-16(13)14/h2-12,23H,21H2,1H3/b19-9-. The number of hydrogen-bond donors (Lipinski definition) is 2. The third-order valence-corrected chi connectivity index (χ3v) is 4.23. The Bertz CT molecular complexity index is 1060. The fourth-order valence-corrected chi connectivity index (χ4v) is 2.99. The molecular formula is C20H17N3O. The van der Waals surface area contributed by atoms with E-state index in [0.29, 0.717) is 0 Å². The molecule has 0 spiro atoms. The summed E-state index contributed by atoms with van der Waals surface area (Å²) in [5.41, 5.74) is 10.2. The molecular weight excluding hydrogens is 298 g/mol. The molecule has 24 heavy (non-hydrogen) atoms. The smallest absolute Gasteiger partial charge is 0.120 e. The van der Waals surface area contributed by atoms with E-state index in [1.54, 1.807) is 13.3 Å². The minimum Gasteiger partial charge on any atom is -0.497 e. The van der Waals surface area contributed by atoms with Crippen LogP contribution in [-0.2, 0) is 0 Å². The van der Waals surface area contributed by atoms with Gasteiger partial charge in [-0.15, -0.1) is 0 Å². The first-order chi connectivity index (χ1) is 11.8. The number of ether oxygens (including phenoxy) is 1. The summed E-state index contributed by atoms with van der Waals surface area (Å²) in [5, 5.41) is 3.31. The highest BCUT2D eigenvalue weighted by atomic mass is 16.5. The minimum atomic E-state index is 0.718. The summed E-state index contributed by atoms with van der Waals surface area (Å²) in [6.07, 6.45) is 7.60. The van der Waals surface area contributed by atoms with Crippen LogP contribution < -0.4 is 10.5 Å². The van der Waals surface area contributed by atoms with Crippen LogP contribution in [0.1, 0.15) is 11.1 Å². The molecule has 2 aromatic carbocycles. The monoisotopic (exact) mass is 315 g/mol. The van der Waals surface area contributed by atoms with E-state index in [1.807, 2.05) is 54.9 Å². The highest BCUT2D eigenvalue weighted by Gasteiger charge is 2.08. The lowest BCUT2D eigenvalue weighted by Crippen LogP contribution is -1.95. The average Bonchev–Trinajstić information content (AvgIpc) is 3.05. The maximum absolute atomic E-state index is 6.39. The Morgan fingerprint density at radius 2 is 2.08 bits per heavy atom. The van der Waals surface area contributed by atoms with E-state index in [-0.39, 0.29) is 0 Å². The maximum Gasteiger partial charge on any atom is 0.120 e. The molecule has 4 rings (SSSR count). The van der Waals surface area contributed by atoms with Crippen LogP contribution >= 0.6 is 0 Å². The Kier molecular flexibility index (Phi) is 3.43. The van der Waals surface area contributed by atoms with Crippen molar-refractivity contribution in [2.24, 2.45) is 5.73 Å². The molecule has 4 nitrogen and oxygen atoms in total. The predicted octanol–water partition coefficient (Wildman–Crippen LogP) is 4.18. The van der Waals surface area contributed by atoms with Crippen LogP contribution in [0, 0.1) is 0 Å². The van der Waals surface area contributed by atoms with Crippen molar-refractivity contribution in [1.29, 1.82) is 0 Å². The number of hydrogen-bond acceptors (Lipinski definition) is 3. The molecule has 4 heteroatoms. The van der Waals surface area contributed by atoms with Gasteiger partial charge in [0.15, 0.2) is 0 Å². The van der Waals surface area contributed by atoms with Crippen molar-refractivity contribution in [1.82, 2.24) is 9.97 Å². The van der Waals surface area contributed by atoms with Gasteiger partial charge in [0.25, 0.3) is 0 Å². The molecule has 0 atom stereocenters. The Morgan fingerprint density at radius 1 is 1.17 bits per heavy atom. The highest BCUT2D eigenvalue weighted by Crippen LogP contribution is 2.28. The van der Waals surface area contributed by atoms with Gasteiger partial charge < -0.3 is 15.5 Å². The van der Waals surface area contributed by atoms with E-state index >= 15 is 0 Å². The van der Waals surface area contributed by atoms with E-state index in [1.165, 1.54) is 0 Å². The van der Waals surface area contributed by atoms with Crippen molar-refractivity contribution in [3.05, 3.63) is 72.2 Å². The maximum atomic E-state index is 6.39. The van der Waals surface area contributed by atoms with E-state index in [4.69, 9.17) is 10.5 Å². The third-order valence-electron chi connectivity index (χ3n) is 4.23. The van der Waals surface area contributed by atoms with Gasteiger partial charge in [0, 0.05) is 52.2 Å². The van der Waals surface area contributed by atoms with Crippen molar-refractivity contribution >= 4 is 33.4 Å². The van der Waals surface area contributed by atoms with Crippen LogP contribution in [0.15, 0.2) is 61.1 Å². The number of H-pyrrole nitrogens is 1. The van der Waals surface area contributed by atoms with Gasteiger partial charge in [-0.1, -0.05) is 18.2 Å². The molecule has 0 aliphatic rings. The number of pyridine rings is 1. The third kappa shape index (κ3) is 2.38. The number of methoxy groups -OCH3 is 1. The summed E-state index contributed by atoms with van der Waals surface area (Å²) in [5.74, 6) is 0.819. The van der Waals surface area contributed by atoms with Crippen LogP contribution in [0.25, 0.3) is 33.4 Å². The number of fused-ring (bicyclic) bond motifs is 2. The molecule has 2 heterocycles. The van der Waals surface area contributed by atoms with Crippen molar-refractivity contribution in [3.63, 3.8) is 0 Å². The number of rotatable bonds is 3. The molecule has 0 radical (unpaired) electrons. The Labute approximate surface area is 139 Å². The highest BCUT2D eigenvalue weighted by molar-refractivity contribution is 5.99. The molecule has 0 saturated heterocycles. The van der Waals surface area contributed by atoms with Gasteiger partial charge >= 0.3 is 0 Å². The first-order valence-electron chi connectivity index (χ1n) is 7.71.